The highest BCUT2D eigenvalue weighted by Gasteiger charge is 2.20. The molecule has 0 bridgehead atoms. The molecule has 2 atom stereocenters. The van der Waals surface area contributed by atoms with Crippen LogP contribution in [0.3, 0.4) is 0 Å². The monoisotopic (exact) mass is 285 g/mol. The standard InChI is InChI=1S/C14H27N3O3/c1-3-6-11(9-13(18)19)16-14(20)15-10-12-7-4-5-8-17(12)2/h11-12H,3-10H2,1-2H3,(H,18,19)(H2,15,16,20). The van der Waals surface area contributed by atoms with Gasteiger partial charge in [-0.3, -0.25) is 4.79 Å². The minimum atomic E-state index is -0.879. The largest absolute Gasteiger partial charge is 0.481 e. The van der Waals surface area contributed by atoms with Crippen LogP contribution in [0.25, 0.3) is 0 Å². The van der Waals surface area contributed by atoms with Crippen molar-refractivity contribution >= 4 is 12.0 Å². The Hall–Kier alpha value is -1.30. The van der Waals surface area contributed by atoms with Crippen molar-refractivity contribution < 1.29 is 14.7 Å². The number of aliphatic carboxylic acids is 1. The summed E-state index contributed by atoms with van der Waals surface area (Å²) < 4.78 is 0. The van der Waals surface area contributed by atoms with Crippen molar-refractivity contribution in [2.75, 3.05) is 20.1 Å². The SMILES string of the molecule is CCCC(CC(=O)O)NC(=O)NCC1CCCCN1C. The molecule has 1 saturated heterocycles. The van der Waals surface area contributed by atoms with E-state index in [2.05, 4.69) is 22.6 Å². The first kappa shape index (κ1) is 16.8. The predicted octanol–water partition coefficient (Wildman–Crippen LogP) is 1.41. The number of urea groups is 1. The maximum atomic E-state index is 11.8. The normalized spacial score (nSPS) is 21.2. The summed E-state index contributed by atoms with van der Waals surface area (Å²) in [5.41, 5.74) is 0. The molecular formula is C14H27N3O3. The number of carboxylic acids is 1. The van der Waals surface area contributed by atoms with Gasteiger partial charge in [-0.1, -0.05) is 19.8 Å². The first-order chi connectivity index (χ1) is 9.52. The number of carbonyl (C=O) groups is 2. The molecule has 0 aromatic rings. The van der Waals surface area contributed by atoms with Crippen LogP contribution in [0.5, 0.6) is 0 Å². The Labute approximate surface area is 120 Å². The van der Waals surface area contributed by atoms with Crippen LogP contribution in [0.1, 0.15) is 45.4 Å². The van der Waals surface area contributed by atoms with Crippen molar-refractivity contribution in [2.45, 2.75) is 57.5 Å². The Morgan fingerprint density at radius 1 is 1.40 bits per heavy atom. The van der Waals surface area contributed by atoms with E-state index in [4.69, 9.17) is 5.11 Å². The summed E-state index contributed by atoms with van der Waals surface area (Å²) >= 11 is 0. The maximum Gasteiger partial charge on any atom is 0.315 e. The molecule has 1 aliphatic rings. The lowest BCUT2D eigenvalue weighted by Gasteiger charge is -2.32. The Morgan fingerprint density at radius 2 is 2.15 bits per heavy atom. The first-order valence-corrected chi connectivity index (χ1v) is 7.49. The fourth-order valence-electron chi connectivity index (χ4n) is 2.63. The summed E-state index contributed by atoms with van der Waals surface area (Å²) in [6.07, 6.45) is 5.04. The third-order valence-corrected chi connectivity index (χ3v) is 3.81. The molecule has 20 heavy (non-hydrogen) atoms. The Balaban J connectivity index is 2.31. The molecule has 1 aliphatic heterocycles. The van der Waals surface area contributed by atoms with E-state index < -0.39 is 5.97 Å². The zero-order chi connectivity index (χ0) is 15.0. The Kier molecular flexibility index (Phi) is 7.36. The van der Waals surface area contributed by atoms with Crippen LogP contribution in [0, 0.1) is 0 Å². The number of amides is 2. The number of likely N-dealkylation sites (N-methyl/N-ethyl adjacent to an activating group) is 1. The quantitative estimate of drug-likeness (QED) is 0.660. The van der Waals surface area contributed by atoms with Crippen LogP contribution in [0.2, 0.25) is 0 Å². The van der Waals surface area contributed by atoms with Crippen LogP contribution in [0.4, 0.5) is 4.79 Å². The van der Waals surface area contributed by atoms with E-state index in [0.29, 0.717) is 19.0 Å². The second kappa shape index (κ2) is 8.79. The lowest BCUT2D eigenvalue weighted by molar-refractivity contribution is -0.137. The minimum absolute atomic E-state index is 0.0232. The van der Waals surface area contributed by atoms with Gasteiger partial charge in [-0.05, 0) is 32.9 Å². The maximum absolute atomic E-state index is 11.8. The van der Waals surface area contributed by atoms with E-state index in [9.17, 15) is 9.59 Å². The molecule has 0 radical (unpaired) electrons. The molecule has 0 saturated carbocycles. The summed E-state index contributed by atoms with van der Waals surface area (Å²) in [5.74, 6) is -0.879. The summed E-state index contributed by atoms with van der Waals surface area (Å²) in [6.45, 7) is 3.67. The number of piperidine rings is 1. The van der Waals surface area contributed by atoms with Gasteiger partial charge < -0.3 is 20.6 Å². The minimum Gasteiger partial charge on any atom is -0.481 e. The van der Waals surface area contributed by atoms with Crippen molar-refractivity contribution in [3.8, 4) is 0 Å². The van der Waals surface area contributed by atoms with Gasteiger partial charge in [0.15, 0.2) is 0 Å². The van der Waals surface area contributed by atoms with Gasteiger partial charge in [0.1, 0.15) is 0 Å². The van der Waals surface area contributed by atoms with E-state index >= 15 is 0 Å². The number of nitrogens with zero attached hydrogens (tertiary/aromatic N) is 1. The predicted molar refractivity (Wildman–Crippen MR) is 77.8 cm³/mol. The van der Waals surface area contributed by atoms with Gasteiger partial charge in [0, 0.05) is 18.6 Å². The molecule has 0 spiro atoms. The third kappa shape index (κ3) is 6.23. The molecule has 3 N–H and O–H groups in total. The van der Waals surface area contributed by atoms with Crippen LogP contribution >= 0.6 is 0 Å². The zero-order valence-electron chi connectivity index (χ0n) is 12.5. The Bertz CT molecular complexity index is 323. The van der Waals surface area contributed by atoms with Crippen LogP contribution < -0.4 is 10.6 Å². The molecule has 0 aliphatic carbocycles. The lowest BCUT2D eigenvalue weighted by Crippen LogP contribution is -2.49. The number of hydrogen-bond acceptors (Lipinski definition) is 3. The molecular weight excluding hydrogens is 258 g/mol. The van der Waals surface area contributed by atoms with E-state index in [1.807, 2.05) is 6.92 Å². The van der Waals surface area contributed by atoms with Gasteiger partial charge in [0.2, 0.25) is 0 Å². The van der Waals surface area contributed by atoms with Crippen molar-refractivity contribution in [3.05, 3.63) is 0 Å². The summed E-state index contributed by atoms with van der Waals surface area (Å²) in [4.78, 5) is 24.8. The zero-order valence-corrected chi connectivity index (χ0v) is 12.5. The number of rotatable bonds is 7. The molecule has 2 unspecified atom stereocenters. The van der Waals surface area contributed by atoms with E-state index in [0.717, 1.165) is 19.4 Å². The fourth-order valence-corrected chi connectivity index (χ4v) is 2.63. The van der Waals surface area contributed by atoms with Gasteiger partial charge in [-0.15, -0.1) is 0 Å². The number of hydrogen-bond donors (Lipinski definition) is 3. The third-order valence-electron chi connectivity index (χ3n) is 3.81. The highest BCUT2D eigenvalue weighted by Crippen LogP contribution is 2.13. The molecule has 6 nitrogen and oxygen atoms in total. The van der Waals surface area contributed by atoms with Gasteiger partial charge in [0.05, 0.1) is 6.42 Å². The summed E-state index contributed by atoms with van der Waals surface area (Å²) in [7, 11) is 2.08. The van der Waals surface area contributed by atoms with E-state index in [1.165, 1.54) is 12.8 Å². The highest BCUT2D eigenvalue weighted by atomic mass is 16.4. The number of carboxylic acid groups (broad SMARTS) is 1. The number of likely N-dealkylation sites (tertiary alicyclic amines) is 1. The first-order valence-electron chi connectivity index (χ1n) is 7.49. The van der Waals surface area contributed by atoms with Crippen molar-refractivity contribution in [2.24, 2.45) is 0 Å². The van der Waals surface area contributed by atoms with Crippen molar-refractivity contribution in [1.29, 1.82) is 0 Å². The molecule has 1 fully saturated rings. The fraction of sp³-hybridized carbons (Fsp3) is 0.857. The van der Waals surface area contributed by atoms with Gasteiger partial charge in [0.25, 0.3) is 0 Å². The van der Waals surface area contributed by atoms with E-state index in [-0.39, 0.29) is 18.5 Å². The molecule has 116 valence electrons. The van der Waals surface area contributed by atoms with Gasteiger partial charge >= 0.3 is 12.0 Å². The summed E-state index contributed by atoms with van der Waals surface area (Å²) in [5, 5.41) is 14.4. The second-order valence-electron chi connectivity index (χ2n) is 5.57. The molecule has 2 amide bonds. The smallest absolute Gasteiger partial charge is 0.315 e. The number of nitrogens with one attached hydrogen (secondary N) is 2. The van der Waals surface area contributed by atoms with Crippen LogP contribution in [0.15, 0.2) is 0 Å². The topological polar surface area (TPSA) is 81.7 Å². The molecule has 1 rings (SSSR count). The average Bonchev–Trinajstić information content (AvgIpc) is 2.37. The lowest BCUT2D eigenvalue weighted by atomic mass is 10.0. The highest BCUT2D eigenvalue weighted by molar-refractivity contribution is 5.75. The van der Waals surface area contributed by atoms with Gasteiger partial charge in [-0.25, -0.2) is 4.79 Å². The van der Waals surface area contributed by atoms with Crippen molar-refractivity contribution in [1.82, 2.24) is 15.5 Å². The van der Waals surface area contributed by atoms with Crippen LogP contribution in [-0.4, -0.2) is 54.2 Å². The second-order valence-corrected chi connectivity index (χ2v) is 5.57. The number of carbonyl (C=O) groups excluding carboxylic acids is 1. The molecule has 1 heterocycles. The summed E-state index contributed by atoms with van der Waals surface area (Å²) in [6, 6.07) is -0.163. The van der Waals surface area contributed by atoms with E-state index in [1.54, 1.807) is 0 Å². The Morgan fingerprint density at radius 3 is 2.75 bits per heavy atom. The molecule has 0 aromatic carbocycles. The average molecular weight is 285 g/mol. The molecule has 0 aromatic heterocycles. The molecule has 6 heteroatoms. The van der Waals surface area contributed by atoms with Crippen molar-refractivity contribution in [3.63, 3.8) is 0 Å². The van der Waals surface area contributed by atoms with Crippen LogP contribution in [-0.2, 0) is 4.79 Å². The van der Waals surface area contributed by atoms with Gasteiger partial charge in [-0.2, -0.15) is 0 Å².